The molecule has 3 rings (SSSR count). The lowest BCUT2D eigenvalue weighted by Crippen LogP contribution is -2.01. The third-order valence-electron chi connectivity index (χ3n) is 3.03. The SMILES string of the molecule is Fc1cc(NCc2ccccc2)c(Cl)cc1SNc1nccs1. The van der Waals surface area contributed by atoms with Crippen LogP contribution in [0.4, 0.5) is 15.2 Å². The van der Waals surface area contributed by atoms with Gasteiger partial charge < -0.3 is 10.0 Å². The Bertz CT molecular complexity index is 767. The third-order valence-corrected chi connectivity index (χ3v) is 4.99. The number of hydrogen-bond acceptors (Lipinski definition) is 5. The van der Waals surface area contributed by atoms with Crippen LogP contribution in [0.15, 0.2) is 58.9 Å². The third kappa shape index (κ3) is 4.37. The minimum Gasteiger partial charge on any atom is -0.380 e. The highest BCUT2D eigenvalue weighted by Gasteiger charge is 2.10. The highest BCUT2D eigenvalue weighted by atomic mass is 35.5. The summed E-state index contributed by atoms with van der Waals surface area (Å²) in [6, 6.07) is 12.9. The summed E-state index contributed by atoms with van der Waals surface area (Å²) < 4.78 is 17.2. The van der Waals surface area contributed by atoms with E-state index in [0.717, 1.165) is 22.6 Å². The van der Waals surface area contributed by atoms with Crippen molar-refractivity contribution in [1.82, 2.24) is 4.98 Å². The summed E-state index contributed by atoms with van der Waals surface area (Å²) in [5.74, 6) is -0.334. The van der Waals surface area contributed by atoms with Crippen molar-refractivity contribution in [3.8, 4) is 0 Å². The summed E-state index contributed by atoms with van der Waals surface area (Å²) in [6.07, 6.45) is 1.69. The first-order valence-electron chi connectivity index (χ1n) is 6.81. The van der Waals surface area contributed by atoms with Crippen LogP contribution in [0.5, 0.6) is 0 Å². The summed E-state index contributed by atoms with van der Waals surface area (Å²) in [6.45, 7) is 0.587. The van der Waals surface area contributed by atoms with Crippen molar-refractivity contribution in [1.29, 1.82) is 0 Å². The molecule has 0 aliphatic rings. The van der Waals surface area contributed by atoms with Gasteiger partial charge in [-0.25, -0.2) is 9.37 Å². The van der Waals surface area contributed by atoms with Gasteiger partial charge in [0.1, 0.15) is 5.82 Å². The normalized spacial score (nSPS) is 10.5. The predicted molar refractivity (Wildman–Crippen MR) is 96.8 cm³/mol. The van der Waals surface area contributed by atoms with Crippen LogP contribution in [0.2, 0.25) is 5.02 Å². The Morgan fingerprint density at radius 2 is 2.04 bits per heavy atom. The van der Waals surface area contributed by atoms with Crippen LogP contribution >= 0.6 is 34.9 Å². The molecule has 1 heterocycles. The minimum absolute atomic E-state index is 0.334. The molecule has 0 aliphatic heterocycles. The lowest BCUT2D eigenvalue weighted by Gasteiger charge is -2.11. The Hall–Kier alpha value is -1.76. The fourth-order valence-corrected chi connectivity index (χ4v) is 3.48. The van der Waals surface area contributed by atoms with Gasteiger partial charge in [-0.2, -0.15) is 0 Å². The quantitative estimate of drug-likeness (QED) is 0.552. The van der Waals surface area contributed by atoms with E-state index in [1.807, 2.05) is 35.7 Å². The molecular formula is C16H13ClFN3S2. The number of benzene rings is 2. The van der Waals surface area contributed by atoms with Crippen molar-refractivity contribution < 1.29 is 4.39 Å². The number of thiazole rings is 1. The van der Waals surface area contributed by atoms with Crippen molar-refractivity contribution in [3.05, 3.63) is 70.4 Å². The Balaban J connectivity index is 1.67. The van der Waals surface area contributed by atoms with E-state index >= 15 is 0 Å². The van der Waals surface area contributed by atoms with E-state index in [4.69, 9.17) is 11.6 Å². The average Bonchev–Trinajstić information content (AvgIpc) is 3.08. The molecule has 0 spiro atoms. The molecule has 0 bridgehead atoms. The van der Waals surface area contributed by atoms with Crippen LogP contribution in [-0.2, 0) is 6.54 Å². The second kappa shape index (κ2) is 7.68. The Labute approximate surface area is 147 Å². The van der Waals surface area contributed by atoms with E-state index in [0.29, 0.717) is 22.2 Å². The number of halogens is 2. The molecule has 0 fully saturated rings. The van der Waals surface area contributed by atoms with Crippen molar-refractivity contribution in [2.24, 2.45) is 0 Å². The topological polar surface area (TPSA) is 37.0 Å². The van der Waals surface area contributed by atoms with Crippen molar-refractivity contribution in [3.63, 3.8) is 0 Å². The molecule has 0 saturated carbocycles. The lowest BCUT2D eigenvalue weighted by molar-refractivity contribution is 0.602. The van der Waals surface area contributed by atoms with Crippen LogP contribution < -0.4 is 10.0 Å². The summed E-state index contributed by atoms with van der Waals surface area (Å²) >= 11 is 8.85. The molecule has 0 aliphatic carbocycles. The zero-order chi connectivity index (χ0) is 16.1. The highest BCUT2D eigenvalue weighted by molar-refractivity contribution is 8.00. The maximum Gasteiger partial charge on any atom is 0.192 e. The summed E-state index contributed by atoms with van der Waals surface area (Å²) in [5, 5.41) is 6.20. The zero-order valence-corrected chi connectivity index (χ0v) is 14.3. The summed E-state index contributed by atoms with van der Waals surface area (Å²) in [5.41, 5.74) is 1.68. The number of nitrogens with one attached hydrogen (secondary N) is 2. The van der Waals surface area contributed by atoms with Crippen LogP contribution in [0.3, 0.4) is 0 Å². The molecule has 0 radical (unpaired) electrons. The predicted octanol–water partition coefficient (Wildman–Crippen LogP) is 5.67. The van der Waals surface area contributed by atoms with E-state index in [2.05, 4.69) is 15.0 Å². The standard InChI is InChI=1S/C16H13ClFN3S2/c17-12-8-15(23-21-16-19-6-7-22-16)13(18)9-14(12)20-10-11-4-2-1-3-5-11/h1-9,20H,10H2,(H,19,21). The van der Waals surface area contributed by atoms with E-state index in [1.165, 1.54) is 17.4 Å². The monoisotopic (exact) mass is 365 g/mol. The van der Waals surface area contributed by atoms with Crippen LogP contribution in [0.25, 0.3) is 0 Å². The molecule has 3 nitrogen and oxygen atoms in total. The molecular weight excluding hydrogens is 353 g/mol. The molecule has 2 aromatic carbocycles. The number of aromatic nitrogens is 1. The fourth-order valence-electron chi connectivity index (χ4n) is 1.91. The Morgan fingerprint density at radius 1 is 1.22 bits per heavy atom. The molecule has 0 saturated heterocycles. The summed E-state index contributed by atoms with van der Waals surface area (Å²) in [4.78, 5) is 4.51. The molecule has 3 aromatic rings. The first kappa shape index (κ1) is 16.1. The largest absolute Gasteiger partial charge is 0.380 e. The number of rotatable bonds is 6. The fraction of sp³-hybridized carbons (Fsp3) is 0.0625. The molecule has 2 N–H and O–H groups in total. The second-order valence-corrected chi connectivity index (χ2v) is 6.79. The average molecular weight is 366 g/mol. The van der Waals surface area contributed by atoms with Crippen LogP contribution in [0, 0.1) is 5.82 Å². The van der Waals surface area contributed by atoms with Gasteiger partial charge in [-0.1, -0.05) is 41.9 Å². The zero-order valence-electron chi connectivity index (χ0n) is 11.9. The maximum atomic E-state index is 14.2. The number of hydrogen-bond donors (Lipinski definition) is 2. The molecule has 0 unspecified atom stereocenters. The smallest absolute Gasteiger partial charge is 0.192 e. The van der Waals surface area contributed by atoms with E-state index < -0.39 is 0 Å². The van der Waals surface area contributed by atoms with Crippen molar-refractivity contribution in [2.45, 2.75) is 11.4 Å². The van der Waals surface area contributed by atoms with Crippen LogP contribution in [0.1, 0.15) is 5.56 Å². The van der Waals surface area contributed by atoms with E-state index in [-0.39, 0.29) is 5.82 Å². The van der Waals surface area contributed by atoms with Gasteiger partial charge in [0, 0.05) is 18.1 Å². The van der Waals surface area contributed by atoms with Gasteiger partial charge in [0.2, 0.25) is 0 Å². The van der Waals surface area contributed by atoms with Crippen molar-refractivity contribution >= 4 is 45.7 Å². The lowest BCUT2D eigenvalue weighted by atomic mass is 10.2. The van der Waals surface area contributed by atoms with Gasteiger partial charge in [-0.3, -0.25) is 0 Å². The van der Waals surface area contributed by atoms with Gasteiger partial charge in [-0.05, 0) is 29.6 Å². The number of anilines is 2. The molecule has 118 valence electrons. The number of nitrogens with zero attached hydrogens (tertiary/aromatic N) is 1. The summed E-state index contributed by atoms with van der Waals surface area (Å²) in [7, 11) is 0. The molecule has 23 heavy (non-hydrogen) atoms. The Kier molecular flexibility index (Phi) is 5.38. The first-order chi connectivity index (χ1) is 11.2. The first-order valence-corrected chi connectivity index (χ1v) is 8.89. The van der Waals surface area contributed by atoms with Gasteiger partial charge in [0.15, 0.2) is 5.13 Å². The van der Waals surface area contributed by atoms with Gasteiger partial charge in [0.05, 0.1) is 15.6 Å². The minimum atomic E-state index is -0.334. The van der Waals surface area contributed by atoms with E-state index in [1.54, 1.807) is 12.3 Å². The molecule has 0 atom stereocenters. The van der Waals surface area contributed by atoms with E-state index in [9.17, 15) is 4.39 Å². The van der Waals surface area contributed by atoms with Gasteiger partial charge >= 0.3 is 0 Å². The molecule has 1 aromatic heterocycles. The Morgan fingerprint density at radius 3 is 2.78 bits per heavy atom. The highest BCUT2D eigenvalue weighted by Crippen LogP contribution is 2.32. The van der Waals surface area contributed by atoms with Gasteiger partial charge in [0.25, 0.3) is 0 Å². The van der Waals surface area contributed by atoms with Gasteiger partial charge in [-0.15, -0.1) is 11.3 Å². The molecule has 7 heteroatoms. The maximum absolute atomic E-state index is 14.2. The van der Waals surface area contributed by atoms with Crippen molar-refractivity contribution in [2.75, 3.05) is 10.0 Å². The molecule has 0 amide bonds. The second-order valence-electron chi connectivity index (χ2n) is 4.64. The van der Waals surface area contributed by atoms with Crippen LogP contribution in [-0.4, -0.2) is 4.98 Å².